The Morgan fingerprint density at radius 2 is 2.06 bits per heavy atom. The fraction of sp³-hybridized carbons (Fsp3) is 0.182. The Labute approximate surface area is 96.2 Å². The normalized spacial score (nSPS) is 15.0. The summed E-state index contributed by atoms with van der Waals surface area (Å²) in [6, 6.07) is 4.82. The van der Waals surface area contributed by atoms with Gasteiger partial charge in [0.15, 0.2) is 5.78 Å². The topological polar surface area (TPSA) is 66.5 Å². The highest BCUT2D eigenvalue weighted by atomic mass is 19.1. The molecule has 88 valence electrons. The first-order chi connectivity index (χ1) is 8.09. The molecule has 17 heavy (non-hydrogen) atoms. The summed E-state index contributed by atoms with van der Waals surface area (Å²) in [5.41, 5.74) is -0.125. The third-order valence-corrected chi connectivity index (χ3v) is 2.41. The molecule has 0 unspecified atom stereocenters. The van der Waals surface area contributed by atoms with Gasteiger partial charge >= 0.3 is 6.03 Å². The van der Waals surface area contributed by atoms with E-state index in [1.807, 2.05) is 0 Å². The van der Waals surface area contributed by atoms with Crippen LogP contribution >= 0.6 is 0 Å². The SMILES string of the molecule is O=C(CN1C(=O)CNC1=O)c1ccccc1F. The number of hydrogen-bond donors (Lipinski definition) is 1. The zero-order valence-corrected chi connectivity index (χ0v) is 8.77. The number of nitrogens with one attached hydrogen (secondary N) is 1. The summed E-state index contributed by atoms with van der Waals surface area (Å²) in [4.78, 5) is 34.9. The van der Waals surface area contributed by atoms with Gasteiger partial charge in [-0.3, -0.25) is 14.5 Å². The van der Waals surface area contributed by atoms with E-state index >= 15 is 0 Å². The van der Waals surface area contributed by atoms with E-state index in [1.165, 1.54) is 18.2 Å². The van der Waals surface area contributed by atoms with Crippen molar-refractivity contribution in [3.63, 3.8) is 0 Å². The van der Waals surface area contributed by atoms with Gasteiger partial charge in [-0.15, -0.1) is 0 Å². The fourth-order valence-corrected chi connectivity index (χ4v) is 1.53. The van der Waals surface area contributed by atoms with Crippen LogP contribution in [-0.4, -0.2) is 35.7 Å². The highest BCUT2D eigenvalue weighted by Gasteiger charge is 2.30. The van der Waals surface area contributed by atoms with Crippen LogP contribution in [0.4, 0.5) is 9.18 Å². The molecule has 0 aromatic heterocycles. The molecule has 2 rings (SSSR count). The minimum absolute atomic E-state index is 0.122. The molecule has 0 saturated carbocycles. The molecule has 0 bridgehead atoms. The van der Waals surface area contributed by atoms with Crippen molar-refractivity contribution in [3.05, 3.63) is 35.6 Å². The molecule has 0 radical (unpaired) electrons. The molecular weight excluding hydrogens is 227 g/mol. The van der Waals surface area contributed by atoms with E-state index in [-0.39, 0.29) is 12.1 Å². The van der Waals surface area contributed by atoms with Crippen LogP contribution in [0, 0.1) is 5.82 Å². The van der Waals surface area contributed by atoms with Crippen molar-refractivity contribution in [2.75, 3.05) is 13.1 Å². The van der Waals surface area contributed by atoms with E-state index in [4.69, 9.17) is 0 Å². The van der Waals surface area contributed by atoms with Gasteiger partial charge in [-0.05, 0) is 12.1 Å². The number of halogens is 1. The molecule has 1 saturated heterocycles. The van der Waals surface area contributed by atoms with Crippen molar-refractivity contribution in [1.29, 1.82) is 0 Å². The van der Waals surface area contributed by atoms with Gasteiger partial charge in [0.25, 0.3) is 0 Å². The average molecular weight is 236 g/mol. The number of Topliss-reactive ketones (excluding diaryl/α,β-unsaturated/α-hetero) is 1. The first-order valence-corrected chi connectivity index (χ1v) is 4.95. The molecule has 1 aromatic carbocycles. The molecule has 1 aliphatic heterocycles. The summed E-state index contributed by atoms with van der Waals surface area (Å²) in [6.07, 6.45) is 0. The maximum atomic E-state index is 13.3. The van der Waals surface area contributed by atoms with Crippen LogP contribution < -0.4 is 5.32 Å². The number of ketones is 1. The standard InChI is InChI=1S/C11H9FN2O3/c12-8-4-2-1-3-7(8)9(15)6-14-10(16)5-13-11(14)17/h1-4H,5-6H2,(H,13,17). The Morgan fingerprint density at radius 1 is 1.35 bits per heavy atom. The predicted octanol–water partition coefficient (Wildman–Crippen LogP) is 0.560. The third kappa shape index (κ3) is 2.15. The molecule has 1 N–H and O–H groups in total. The molecule has 5 nitrogen and oxygen atoms in total. The molecule has 0 spiro atoms. The minimum Gasteiger partial charge on any atom is -0.329 e. The van der Waals surface area contributed by atoms with E-state index in [9.17, 15) is 18.8 Å². The maximum Gasteiger partial charge on any atom is 0.325 e. The summed E-state index contributed by atoms with van der Waals surface area (Å²) in [7, 11) is 0. The molecule has 0 aliphatic carbocycles. The lowest BCUT2D eigenvalue weighted by Crippen LogP contribution is -2.36. The van der Waals surface area contributed by atoms with E-state index in [1.54, 1.807) is 0 Å². The highest BCUT2D eigenvalue weighted by Crippen LogP contribution is 2.09. The third-order valence-electron chi connectivity index (χ3n) is 2.41. The zero-order valence-electron chi connectivity index (χ0n) is 8.77. The number of nitrogens with zero attached hydrogens (tertiary/aromatic N) is 1. The van der Waals surface area contributed by atoms with E-state index < -0.39 is 30.1 Å². The quantitative estimate of drug-likeness (QED) is 0.616. The summed E-state index contributed by atoms with van der Waals surface area (Å²) >= 11 is 0. The molecule has 1 aliphatic rings. The van der Waals surface area contributed by atoms with Crippen molar-refractivity contribution in [2.45, 2.75) is 0 Å². The lowest BCUT2D eigenvalue weighted by molar-refractivity contribution is -0.124. The molecule has 1 aromatic rings. The van der Waals surface area contributed by atoms with Crippen LogP contribution in [0.15, 0.2) is 24.3 Å². The van der Waals surface area contributed by atoms with E-state index in [0.717, 1.165) is 11.0 Å². The Bertz CT molecular complexity index is 485. The number of carbonyl (C=O) groups excluding carboxylic acids is 3. The Morgan fingerprint density at radius 3 is 2.65 bits per heavy atom. The van der Waals surface area contributed by atoms with Gasteiger partial charge in [0.2, 0.25) is 5.91 Å². The van der Waals surface area contributed by atoms with Crippen molar-refractivity contribution in [2.24, 2.45) is 0 Å². The zero-order chi connectivity index (χ0) is 12.4. The molecule has 6 heteroatoms. The Kier molecular flexibility index (Phi) is 2.86. The summed E-state index contributed by atoms with van der Waals surface area (Å²) in [5.74, 6) is -1.75. The lowest BCUT2D eigenvalue weighted by Gasteiger charge is -2.11. The summed E-state index contributed by atoms with van der Waals surface area (Å²) < 4.78 is 13.3. The van der Waals surface area contributed by atoms with Crippen LogP contribution in [0.3, 0.4) is 0 Å². The van der Waals surface area contributed by atoms with Crippen molar-refractivity contribution in [3.8, 4) is 0 Å². The molecule has 1 fully saturated rings. The molecule has 0 atom stereocenters. The van der Waals surface area contributed by atoms with Gasteiger partial charge in [-0.25, -0.2) is 9.18 Å². The van der Waals surface area contributed by atoms with Crippen LogP contribution in [0.1, 0.15) is 10.4 Å². The molecular formula is C11H9FN2O3. The molecule has 1 heterocycles. The first kappa shape index (κ1) is 11.3. The van der Waals surface area contributed by atoms with Crippen molar-refractivity contribution >= 4 is 17.7 Å². The smallest absolute Gasteiger partial charge is 0.325 e. The minimum atomic E-state index is -0.662. The van der Waals surface area contributed by atoms with Crippen molar-refractivity contribution < 1.29 is 18.8 Å². The number of amides is 3. The van der Waals surface area contributed by atoms with E-state index in [0.29, 0.717) is 0 Å². The number of hydrogen-bond acceptors (Lipinski definition) is 3. The monoisotopic (exact) mass is 236 g/mol. The van der Waals surface area contributed by atoms with Gasteiger partial charge in [0, 0.05) is 0 Å². The van der Waals surface area contributed by atoms with Gasteiger partial charge < -0.3 is 5.32 Å². The predicted molar refractivity (Wildman–Crippen MR) is 55.8 cm³/mol. The number of benzene rings is 1. The van der Waals surface area contributed by atoms with Gasteiger partial charge in [-0.1, -0.05) is 12.1 Å². The van der Waals surface area contributed by atoms with Crippen LogP contribution in [-0.2, 0) is 4.79 Å². The second-order valence-corrected chi connectivity index (χ2v) is 3.54. The molecule has 3 amide bonds. The van der Waals surface area contributed by atoms with Crippen LogP contribution in [0.25, 0.3) is 0 Å². The fourth-order valence-electron chi connectivity index (χ4n) is 1.53. The number of imide groups is 1. The van der Waals surface area contributed by atoms with Gasteiger partial charge in [-0.2, -0.15) is 0 Å². The van der Waals surface area contributed by atoms with E-state index in [2.05, 4.69) is 5.32 Å². The second kappa shape index (κ2) is 4.32. The maximum absolute atomic E-state index is 13.3. The Balaban J connectivity index is 2.15. The van der Waals surface area contributed by atoms with Crippen LogP contribution in [0.2, 0.25) is 0 Å². The van der Waals surface area contributed by atoms with Crippen LogP contribution in [0.5, 0.6) is 0 Å². The summed E-state index contributed by atoms with van der Waals surface area (Å²) in [5, 5.41) is 2.28. The lowest BCUT2D eigenvalue weighted by atomic mass is 10.1. The first-order valence-electron chi connectivity index (χ1n) is 4.95. The number of carbonyl (C=O) groups is 3. The summed E-state index contributed by atoms with van der Waals surface area (Å²) in [6.45, 7) is -0.561. The number of urea groups is 1. The van der Waals surface area contributed by atoms with Gasteiger partial charge in [0.05, 0.1) is 18.7 Å². The largest absolute Gasteiger partial charge is 0.329 e. The Hall–Kier alpha value is -2.24. The second-order valence-electron chi connectivity index (χ2n) is 3.54. The average Bonchev–Trinajstić information content (AvgIpc) is 2.61. The van der Waals surface area contributed by atoms with Crippen molar-refractivity contribution in [1.82, 2.24) is 10.2 Å². The van der Waals surface area contributed by atoms with Gasteiger partial charge in [0.1, 0.15) is 5.82 Å². The number of rotatable bonds is 3. The highest BCUT2D eigenvalue weighted by molar-refractivity contribution is 6.07.